The van der Waals surface area contributed by atoms with Gasteiger partial charge >= 0.3 is 5.97 Å². The van der Waals surface area contributed by atoms with Gasteiger partial charge in [-0.15, -0.1) is 0 Å². The summed E-state index contributed by atoms with van der Waals surface area (Å²) in [6.45, 7) is 2.92. The fraction of sp³-hybridized carbons (Fsp3) is 0.429. The van der Waals surface area contributed by atoms with E-state index in [2.05, 4.69) is 15.9 Å². The molecule has 1 heterocycles. The summed E-state index contributed by atoms with van der Waals surface area (Å²) in [7, 11) is 1.31. The summed E-state index contributed by atoms with van der Waals surface area (Å²) in [5, 5.41) is 0. The highest BCUT2D eigenvalue weighted by Crippen LogP contribution is 2.20. The smallest absolute Gasteiger partial charge is 0.331 e. The van der Waals surface area contributed by atoms with Gasteiger partial charge in [0.25, 0.3) is 5.91 Å². The molecule has 0 aromatic heterocycles. The Morgan fingerprint density at radius 1 is 1.45 bits per heavy atom. The number of hydrogen-bond donors (Lipinski definition) is 0. The van der Waals surface area contributed by atoms with Gasteiger partial charge < -0.3 is 14.4 Å². The van der Waals surface area contributed by atoms with Crippen LogP contribution in [0.4, 0.5) is 0 Å². The number of carbonyl (C=O) groups is 2. The molecule has 1 fully saturated rings. The number of benzene rings is 1. The largest absolute Gasteiger partial charge is 0.467 e. The van der Waals surface area contributed by atoms with Crippen LogP contribution in [-0.4, -0.2) is 49.7 Å². The molecule has 1 amide bonds. The van der Waals surface area contributed by atoms with Crippen LogP contribution in [-0.2, 0) is 14.3 Å². The van der Waals surface area contributed by atoms with Gasteiger partial charge in [-0.1, -0.05) is 22.0 Å². The van der Waals surface area contributed by atoms with Crippen molar-refractivity contribution >= 4 is 27.8 Å². The molecule has 20 heavy (non-hydrogen) atoms. The maximum absolute atomic E-state index is 12.5. The summed E-state index contributed by atoms with van der Waals surface area (Å²) in [6, 6.07) is 4.71. The maximum Gasteiger partial charge on any atom is 0.331 e. The second kappa shape index (κ2) is 6.37. The van der Waals surface area contributed by atoms with Gasteiger partial charge in [-0.05, 0) is 24.6 Å². The normalized spacial score (nSPS) is 18.8. The highest BCUT2D eigenvalue weighted by atomic mass is 79.9. The third-order valence-electron chi connectivity index (χ3n) is 3.28. The van der Waals surface area contributed by atoms with Gasteiger partial charge in [0, 0.05) is 16.6 Å². The molecular formula is C14H16BrNO4. The zero-order valence-electron chi connectivity index (χ0n) is 11.4. The molecule has 6 heteroatoms. The molecule has 1 aliphatic rings. The van der Waals surface area contributed by atoms with Crippen molar-refractivity contribution < 1.29 is 19.1 Å². The van der Waals surface area contributed by atoms with Gasteiger partial charge in [-0.2, -0.15) is 0 Å². The van der Waals surface area contributed by atoms with E-state index in [1.54, 1.807) is 12.1 Å². The van der Waals surface area contributed by atoms with E-state index in [1.165, 1.54) is 12.0 Å². The molecule has 1 aromatic carbocycles. The number of carbonyl (C=O) groups excluding carboxylic acids is 2. The minimum Gasteiger partial charge on any atom is -0.467 e. The molecule has 1 aliphatic heterocycles. The lowest BCUT2D eigenvalue weighted by molar-refractivity contribution is -0.151. The van der Waals surface area contributed by atoms with Crippen LogP contribution in [0.15, 0.2) is 22.7 Å². The molecule has 5 nitrogen and oxygen atoms in total. The Morgan fingerprint density at radius 2 is 2.20 bits per heavy atom. The molecule has 0 spiro atoms. The lowest BCUT2D eigenvalue weighted by Gasteiger charge is -2.33. The molecule has 1 aromatic rings. The molecule has 1 unspecified atom stereocenters. The van der Waals surface area contributed by atoms with Crippen LogP contribution in [0.25, 0.3) is 0 Å². The van der Waals surface area contributed by atoms with Crippen molar-refractivity contribution in [2.45, 2.75) is 13.0 Å². The minimum atomic E-state index is -0.679. The number of halogens is 1. The third-order valence-corrected chi connectivity index (χ3v) is 4.14. The first-order valence-electron chi connectivity index (χ1n) is 6.27. The van der Waals surface area contributed by atoms with E-state index in [1.807, 2.05) is 13.0 Å². The van der Waals surface area contributed by atoms with E-state index in [0.29, 0.717) is 18.7 Å². The number of esters is 1. The Bertz CT molecular complexity index is 532. The predicted molar refractivity (Wildman–Crippen MR) is 76.5 cm³/mol. The Balaban J connectivity index is 2.25. The summed E-state index contributed by atoms with van der Waals surface area (Å²) in [5.74, 6) is -0.645. The zero-order chi connectivity index (χ0) is 14.7. The fourth-order valence-electron chi connectivity index (χ4n) is 2.07. The number of methoxy groups -OCH3 is 1. The first-order valence-corrected chi connectivity index (χ1v) is 7.06. The topological polar surface area (TPSA) is 55.8 Å². The number of morpholine rings is 1. The van der Waals surface area contributed by atoms with Crippen molar-refractivity contribution in [3.8, 4) is 0 Å². The first-order chi connectivity index (χ1) is 9.54. The van der Waals surface area contributed by atoms with E-state index in [0.717, 1.165) is 10.0 Å². The molecular weight excluding hydrogens is 326 g/mol. The monoisotopic (exact) mass is 341 g/mol. The molecule has 1 atom stereocenters. The Morgan fingerprint density at radius 3 is 2.85 bits per heavy atom. The molecule has 0 N–H and O–H groups in total. The number of rotatable bonds is 2. The van der Waals surface area contributed by atoms with Crippen LogP contribution in [0.5, 0.6) is 0 Å². The summed E-state index contributed by atoms with van der Waals surface area (Å²) >= 11 is 3.41. The van der Waals surface area contributed by atoms with Crippen molar-refractivity contribution in [3.05, 3.63) is 33.8 Å². The SMILES string of the molecule is COC(=O)C1COCCN1C(=O)c1ccc(C)c(Br)c1. The fourth-order valence-corrected chi connectivity index (χ4v) is 2.45. The molecule has 0 aliphatic carbocycles. The molecule has 1 saturated heterocycles. The van der Waals surface area contributed by atoms with E-state index >= 15 is 0 Å². The van der Waals surface area contributed by atoms with Gasteiger partial charge in [-0.25, -0.2) is 4.79 Å². The molecule has 0 radical (unpaired) electrons. The van der Waals surface area contributed by atoms with E-state index in [9.17, 15) is 9.59 Å². The summed E-state index contributed by atoms with van der Waals surface area (Å²) in [4.78, 5) is 25.8. The highest BCUT2D eigenvalue weighted by molar-refractivity contribution is 9.10. The average Bonchev–Trinajstić information content (AvgIpc) is 2.48. The van der Waals surface area contributed by atoms with Gasteiger partial charge in [-0.3, -0.25) is 4.79 Å². The summed E-state index contributed by atoms with van der Waals surface area (Å²) in [6.07, 6.45) is 0. The van der Waals surface area contributed by atoms with E-state index < -0.39 is 12.0 Å². The van der Waals surface area contributed by atoms with Gasteiger partial charge in [0.1, 0.15) is 0 Å². The van der Waals surface area contributed by atoms with Crippen molar-refractivity contribution in [3.63, 3.8) is 0 Å². The highest BCUT2D eigenvalue weighted by Gasteiger charge is 2.34. The number of hydrogen-bond acceptors (Lipinski definition) is 4. The second-order valence-electron chi connectivity index (χ2n) is 4.58. The third kappa shape index (κ3) is 3.02. The van der Waals surface area contributed by atoms with Crippen LogP contribution in [0, 0.1) is 6.92 Å². The van der Waals surface area contributed by atoms with Crippen LogP contribution in [0.1, 0.15) is 15.9 Å². The minimum absolute atomic E-state index is 0.172. The number of amides is 1. The quantitative estimate of drug-likeness (QED) is 0.769. The predicted octanol–water partition coefficient (Wildman–Crippen LogP) is 1.77. The van der Waals surface area contributed by atoms with E-state index in [4.69, 9.17) is 9.47 Å². The van der Waals surface area contributed by atoms with Crippen molar-refractivity contribution in [2.75, 3.05) is 26.9 Å². The van der Waals surface area contributed by atoms with Crippen molar-refractivity contribution in [1.29, 1.82) is 0 Å². The first kappa shape index (κ1) is 15.0. The summed E-state index contributed by atoms with van der Waals surface area (Å²) in [5.41, 5.74) is 1.59. The summed E-state index contributed by atoms with van der Waals surface area (Å²) < 4.78 is 10.9. The Hall–Kier alpha value is -1.40. The lowest BCUT2D eigenvalue weighted by Crippen LogP contribution is -2.53. The average molecular weight is 342 g/mol. The second-order valence-corrected chi connectivity index (χ2v) is 5.43. The Kier molecular flexibility index (Phi) is 4.77. The maximum atomic E-state index is 12.5. The molecule has 0 bridgehead atoms. The van der Waals surface area contributed by atoms with Crippen molar-refractivity contribution in [1.82, 2.24) is 4.90 Å². The van der Waals surface area contributed by atoms with E-state index in [-0.39, 0.29) is 12.5 Å². The van der Waals surface area contributed by atoms with Crippen LogP contribution < -0.4 is 0 Å². The zero-order valence-corrected chi connectivity index (χ0v) is 13.0. The van der Waals surface area contributed by atoms with Crippen molar-refractivity contribution in [2.24, 2.45) is 0 Å². The molecule has 0 saturated carbocycles. The number of ether oxygens (including phenoxy) is 2. The lowest BCUT2D eigenvalue weighted by atomic mass is 10.1. The Labute approximate surface area is 126 Å². The number of aryl methyl sites for hydroxylation is 1. The van der Waals surface area contributed by atoms with Gasteiger partial charge in [0.15, 0.2) is 6.04 Å². The van der Waals surface area contributed by atoms with Crippen LogP contribution in [0.2, 0.25) is 0 Å². The van der Waals surface area contributed by atoms with Gasteiger partial charge in [0.05, 0.1) is 20.3 Å². The number of nitrogens with zero attached hydrogens (tertiary/aromatic N) is 1. The van der Waals surface area contributed by atoms with Crippen LogP contribution in [0.3, 0.4) is 0 Å². The van der Waals surface area contributed by atoms with Crippen LogP contribution >= 0.6 is 15.9 Å². The van der Waals surface area contributed by atoms with Gasteiger partial charge in [0.2, 0.25) is 0 Å². The standard InChI is InChI=1S/C14H16BrNO4/c1-9-3-4-10(7-11(9)15)13(17)16-5-6-20-8-12(16)14(18)19-2/h3-4,7,12H,5-6,8H2,1-2H3. The molecule has 108 valence electrons. The molecule has 2 rings (SSSR count).